The van der Waals surface area contributed by atoms with Crippen LogP contribution in [0.25, 0.3) is 0 Å². The van der Waals surface area contributed by atoms with E-state index in [1.54, 1.807) is 42.5 Å². The van der Waals surface area contributed by atoms with Gasteiger partial charge in [-0.3, -0.25) is 4.79 Å². The summed E-state index contributed by atoms with van der Waals surface area (Å²) in [7, 11) is 1.62. The molecule has 7 nitrogen and oxygen atoms in total. The van der Waals surface area contributed by atoms with E-state index in [0.29, 0.717) is 24.5 Å². The van der Waals surface area contributed by atoms with Crippen LogP contribution in [0.2, 0.25) is 0 Å². The fourth-order valence-corrected chi connectivity index (χ4v) is 3.76. The number of nitrogens with one attached hydrogen (secondary N) is 2. The van der Waals surface area contributed by atoms with Crippen molar-refractivity contribution in [2.75, 3.05) is 40.0 Å². The molecule has 2 aromatic carbocycles. The predicted molar refractivity (Wildman–Crippen MR) is 130 cm³/mol. The number of piperidine rings is 1. The molecule has 0 spiro atoms. The van der Waals surface area contributed by atoms with E-state index in [0.717, 1.165) is 36.4 Å². The lowest BCUT2D eigenvalue weighted by molar-refractivity contribution is -0.904. The molecule has 1 aliphatic heterocycles. The lowest BCUT2D eigenvalue weighted by Crippen LogP contribution is -3.13. The van der Waals surface area contributed by atoms with E-state index in [9.17, 15) is 4.79 Å². The summed E-state index contributed by atoms with van der Waals surface area (Å²) >= 11 is 0. The molecule has 1 amide bonds. The molecule has 0 aliphatic carbocycles. The molecule has 0 atom stereocenters. The summed E-state index contributed by atoms with van der Waals surface area (Å²) < 4.78 is 17.1. The van der Waals surface area contributed by atoms with Crippen LogP contribution in [0.15, 0.2) is 47.6 Å². The number of hydrogen-bond donors (Lipinski definition) is 2. The maximum Gasteiger partial charge on any atom is 0.271 e. The number of hydrazone groups is 1. The van der Waals surface area contributed by atoms with E-state index in [1.807, 2.05) is 18.2 Å². The minimum Gasteiger partial charge on any atom is -0.494 e. The molecule has 1 heterocycles. The fraction of sp³-hybridized carbons (Fsp3) is 0.462. The number of benzene rings is 2. The second-order valence-electron chi connectivity index (χ2n) is 8.24. The van der Waals surface area contributed by atoms with Gasteiger partial charge in [0, 0.05) is 5.56 Å². The molecule has 0 unspecified atom stereocenters. The Balaban J connectivity index is 1.48. The van der Waals surface area contributed by atoms with Crippen molar-refractivity contribution in [2.45, 2.75) is 39.0 Å². The van der Waals surface area contributed by atoms with E-state index in [1.165, 1.54) is 32.4 Å². The number of hydrogen-bond acceptors (Lipinski definition) is 5. The van der Waals surface area contributed by atoms with E-state index in [2.05, 4.69) is 17.5 Å². The number of rotatable bonds is 12. The van der Waals surface area contributed by atoms with Crippen molar-refractivity contribution in [2.24, 2.45) is 5.10 Å². The van der Waals surface area contributed by atoms with Crippen molar-refractivity contribution in [3.8, 4) is 17.2 Å². The van der Waals surface area contributed by atoms with Crippen molar-refractivity contribution in [3.63, 3.8) is 0 Å². The fourth-order valence-electron chi connectivity index (χ4n) is 3.76. The number of amides is 1. The molecule has 33 heavy (non-hydrogen) atoms. The molecular formula is C26H36N3O4+. The highest BCUT2D eigenvalue weighted by molar-refractivity contribution is 5.95. The van der Waals surface area contributed by atoms with Crippen LogP contribution in [-0.4, -0.2) is 52.1 Å². The topological polar surface area (TPSA) is 73.6 Å². The zero-order chi connectivity index (χ0) is 23.3. The van der Waals surface area contributed by atoms with Crippen LogP contribution in [0.1, 0.15) is 54.9 Å². The first-order chi connectivity index (χ1) is 16.2. The SMILES string of the molecule is CCCCOc1ccc(C(=O)N/N=C\c2ccc(OCC[NH+]3CCCCC3)c(OC)c2)cc1. The Kier molecular flexibility index (Phi) is 10.0. The maximum absolute atomic E-state index is 12.3. The Hall–Kier alpha value is -3.06. The van der Waals surface area contributed by atoms with E-state index < -0.39 is 0 Å². The molecule has 0 bridgehead atoms. The van der Waals surface area contributed by atoms with Crippen molar-refractivity contribution in [1.82, 2.24) is 5.43 Å². The Labute approximate surface area is 196 Å². The molecular weight excluding hydrogens is 418 g/mol. The van der Waals surface area contributed by atoms with Crippen molar-refractivity contribution >= 4 is 12.1 Å². The smallest absolute Gasteiger partial charge is 0.271 e. The van der Waals surface area contributed by atoms with Crippen LogP contribution in [0.3, 0.4) is 0 Å². The number of methoxy groups -OCH3 is 1. The van der Waals surface area contributed by atoms with Gasteiger partial charge in [0.15, 0.2) is 11.5 Å². The Morgan fingerprint density at radius 1 is 1.03 bits per heavy atom. The van der Waals surface area contributed by atoms with Gasteiger partial charge in [0.2, 0.25) is 0 Å². The standard InChI is InChI=1S/C26H35N3O4/c1-3-4-17-32-23-11-9-22(10-12-23)26(30)28-27-20-21-8-13-24(25(19-21)31-2)33-18-16-29-14-6-5-7-15-29/h8-13,19-20H,3-7,14-18H2,1-2H3,(H,28,30)/p+1/b27-20-. The number of nitrogens with zero attached hydrogens (tertiary/aromatic N) is 1. The molecule has 3 rings (SSSR count). The molecule has 2 aromatic rings. The third-order valence-corrected chi connectivity index (χ3v) is 5.72. The summed E-state index contributed by atoms with van der Waals surface area (Å²) in [6, 6.07) is 12.7. The van der Waals surface area contributed by atoms with Gasteiger partial charge in [-0.05, 0) is 73.7 Å². The van der Waals surface area contributed by atoms with Crippen LogP contribution in [-0.2, 0) is 0 Å². The third kappa shape index (κ3) is 8.09. The number of carbonyl (C=O) groups is 1. The first kappa shape index (κ1) is 24.6. The number of likely N-dealkylation sites (tertiary alicyclic amines) is 1. The molecule has 2 N–H and O–H groups in total. The summed E-state index contributed by atoms with van der Waals surface area (Å²) in [6.45, 7) is 6.94. The second kappa shape index (κ2) is 13.5. The summed E-state index contributed by atoms with van der Waals surface area (Å²) in [4.78, 5) is 13.9. The van der Waals surface area contributed by atoms with Crippen molar-refractivity contribution in [1.29, 1.82) is 0 Å². The van der Waals surface area contributed by atoms with Gasteiger partial charge in [0.05, 0.1) is 33.0 Å². The van der Waals surface area contributed by atoms with Gasteiger partial charge >= 0.3 is 0 Å². The summed E-state index contributed by atoms with van der Waals surface area (Å²) in [6.07, 6.45) is 7.64. The Morgan fingerprint density at radius 2 is 1.82 bits per heavy atom. The molecule has 1 fully saturated rings. The quantitative estimate of drug-likeness (QED) is 0.294. The number of unbranched alkanes of at least 4 members (excludes halogenated alkanes) is 1. The Bertz CT molecular complexity index is 893. The normalized spacial score (nSPS) is 14.2. The summed E-state index contributed by atoms with van der Waals surface area (Å²) in [5.74, 6) is 1.85. The zero-order valence-electron chi connectivity index (χ0n) is 19.8. The van der Waals surface area contributed by atoms with Crippen LogP contribution >= 0.6 is 0 Å². The molecule has 1 saturated heterocycles. The van der Waals surface area contributed by atoms with Crippen LogP contribution in [0.4, 0.5) is 0 Å². The van der Waals surface area contributed by atoms with E-state index >= 15 is 0 Å². The monoisotopic (exact) mass is 454 g/mol. The van der Waals surface area contributed by atoms with Gasteiger partial charge in [-0.2, -0.15) is 5.10 Å². The van der Waals surface area contributed by atoms with Crippen LogP contribution in [0.5, 0.6) is 17.2 Å². The van der Waals surface area contributed by atoms with Gasteiger partial charge in [-0.15, -0.1) is 0 Å². The predicted octanol–water partition coefficient (Wildman–Crippen LogP) is 3.09. The van der Waals surface area contributed by atoms with Crippen LogP contribution < -0.4 is 24.5 Å². The number of carbonyl (C=O) groups excluding carboxylic acids is 1. The molecule has 1 aliphatic rings. The highest BCUT2D eigenvalue weighted by Gasteiger charge is 2.14. The largest absolute Gasteiger partial charge is 0.494 e. The molecule has 0 radical (unpaired) electrons. The van der Waals surface area contributed by atoms with Crippen molar-refractivity contribution in [3.05, 3.63) is 53.6 Å². The van der Waals surface area contributed by atoms with Crippen molar-refractivity contribution < 1.29 is 23.9 Å². The first-order valence-electron chi connectivity index (χ1n) is 11.9. The van der Waals surface area contributed by atoms with Gasteiger partial charge in [-0.25, -0.2) is 5.43 Å². The molecule has 0 saturated carbocycles. The van der Waals surface area contributed by atoms with Gasteiger partial charge in [0.1, 0.15) is 18.9 Å². The molecule has 178 valence electrons. The number of quaternary nitrogens is 1. The lowest BCUT2D eigenvalue weighted by atomic mass is 10.1. The molecule has 7 heteroatoms. The number of ether oxygens (including phenoxy) is 3. The summed E-state index contributed by atoms with van der Waals surface area (Å²) in [5.41, 5.74) is 3.88. The first-order valence-corrected chi connectivity index (χ1v) is 11.9. The van der Waals surface area contributed by atoms with Gasteiger partial charge < -0.3 is 19.1 Å². The summed E-state index contributed by atoms with van der Waals surface area (Å²) in [5, 5.41) is 4.07. The second-order valence-corrected chi connectivity index (χ2v) is 8.24. The molecule has 0 aromatic heterocycles. The van der Waals surface area contributed by atoms with E-state index in [4.69, 9.17) is 14.2 Å². The van der Waals surface area contributed by atoms with Gasteiger partial charge in [-0.1, -0.05) is 13.3 Å². The average molecular weight is 455 g/mol. The van der Waals surface area contributed by atoms with Crippen LogP contribution in [0, 0.1) is 0 Å². The highest BCUT2D eigenvalue weighted by atomic mass is 16.5. The Morgan fingerprint density at radius 3 is 2.55 bits per heavy atom. The highest BCUT2D eigenvalue weighted by Crippen LogP contribution is 2.27. The van der Waals surface area contributed by atoms with E-state index in [-0.39, 0.29) is 5.91 Å². The van der Waals surface area contributed by atoms with Gasteiger partial charge in [0.25, 0.3) is 5.91 Å². The lowest BCUT2D eigenvalue weighted by Gasteiger charge is -2.23. The average Bonchev–Trinajstić information content (AvgIpc) is 2.86. The third-order valence-electron chi connectivity index (χ3n) is 5.72. The maximum atomic E-state index is 12.3. The zero-order valence-corrected chi connectivity index (χ0v) is 19.8. The minimum atomic E-state index is -0.279. The minimum absolute atomic E-state index is 0.279.